The Hall–Kier alpha value is -1.39. The van der Waals surface area contributed by atoms with Crippen LogP contribution in [0.5, 0.6) is 0 Å². The van der Waals surface area contributed by atoms with Crippen molar-refractivity contribution >= 4 is 5.97 Å². The van der Waals surface area contributed by atoms with Gasteiger partial charge in [0.05, 0.1) is 19.3 Å². The number of esters is 1. The van der Waals surface area contributed by atoms with Crippen LogP contribution < -0.4 is 0 Å². The summed E-state index contributed by atoms with van der Waals surface area (Å²) < 4.78 is 10.4. The highest BCUT2D eigenvalue weighted by Gasteiger charge is 2.27. The smallest absolute Gasteiger partial charge is 0.335 e. The third kappa shape index (κ3) is 2.89. The molecule has 0 aromatic heterocycles. The minimum absolute atomic E-state index is 0.227. The third-order valence-corrected chi connectivity index (χ3v) is 3.09. The van der Waals surface area contributed by atoms with Crippen molar-refractivity contribution in [3.05, 3.63) is 35.4 Å². The molecule has 0 aliphatic carbocycles. The molecule has 1 N–H and O–H groups in total. The average molecular weight is 250 g/mol. The highest BCUT2D eigenvalue weighted by atomic mass is 16.5. The van der Waals surface area contributed by atoms with Gasteiger partial charge >= 0.3 is 5.97 Å². The van der Waals surface area contributed by atoms with Crippen LogP contribution in [0, 0.1) is 0 Å². The van der Waals surface area contributed by atoms with Crippen LogP contribution in [0.2, 0.25) is 0 Å². The third-order valence-electron chi connectivity index (χ3n) is 3.09. The first-order valence-electron chi connectivity index (χ1n) is 6.26. The number of hydrogen-bond donors (Lipinski definition) is 1. The summed E-state index contributed by atoms with van der Waals surface area (Å²) >= 11 is 0. The van der Waals surface area contributed by atoms with Crippen LogP contribution in [0.25, 0.3) is 0 Å². The first kappa shape index (κ1) is 13.1. The van der Waals surface area contributed by atoms with Crippen molar-refractivity contribution in [3.63, 3.8) is 0 Å². The molecule has 0 amide bonds. The Labute approximate surface area is 107 Å². The lowest BCUT2D eigenvalue weighted by atomic mass is 9.94. The molecule has 4 nitrogen and oxygen atoms in total. The van der Waals surface area contributed by atoms with Gasteiger partial charge in [-0.2, -0.15) is 0 Å². The Kier molecular flexibility index (Phi) is 4.33. The second-order valence-electron chi connectivity index (χ2n) is 4.31. The predicted octanol–water partition coefficient (Wildman–Crippen LogP) is 1.61. The Bertz CT molecular complexity index is 416. The topological polar surface area (TPSA) is 55.8 Å². The van der Waals surface area contributed by atoms with Crippen LogP contribution in [0.4, 0.5) is 0 Å². The Morgan fingerprint density at radius 2 is 2.33 bits per heavy atom. The monoisotopic (exact) mass is 250 g/mol. The van der Waals surface area contributed by atoms with Gasteiger partial charge in [0.1, 0.15) is 0 Å². The van der Waals surface area contributed by atoms with E-state index < -0.39 is 12.1 Å². The van der Waals surface area contributed by atoms with E-state index in [1.165, 1.54) is 5.56 Å². The molecule has 1 aromatic carbocycles. The summed E-state index contributed by atoms with van der Waals surface area (Å²) in [4.78, 5) is 11.4. The number of rotatable bonds is 4. The minimum Gasteiger partial charge on any atom is -0.464 e. The number of aliphatic hydroxyl groups is 1. The minimum atomic E-state index is -1.12. The van der Waals surface area contributed by atoms with Crippen LogP contribution >= 0.6 is 0 Å². The van der Waals surface area contributed by atoms with Crippen molar-refractivity contribution in [2.75, 3.05) is 13.2 Å². The Morgan fingerprint density at radius 1 is 1.56 bits per heavy atom. The molecule has 0 bridgehead atoms. The first-order chi connectivity index (χ1) is 8.72. The molecule has 2 unspecified atom stereocenters. The van der Waals surface area contributed by atoms with Gasteiger partial charge in [-0.05, 0) is 24.5 Å². The molecule has 1 aromatic rings. The van der Waals surface area contributed by atoms with E-state index in [1.807, 2.05) is 18.2 Å². The van der Waals surface area contributed by atoms with Crippen molar-refractivity contribution in [1.82, 2.24) is 0 Å². The summed E-state index contributed by atoms with van der Waals surface area (Å²) in [5, 5.41) is 9.77. The summed E-state index contributed by atoms with van der Waals surface area (Å²) in [6, 6.07) is 7.97. The molecule has 2 atom stereocenters. The maximum atomic E-state index is 11.4. The molecule has 0 spiro atoms. The SMILES string of the molecule is CCOC(=O)C(O)CC1OCCc2ccccc21. The van der Waals surface area contributed by atoms with Gasteiger partial charge in [0.25, 0.3) is 0 Å². The van der Waals surface area contributed by atoms with Gasteiger partial charge in [-0.25, -0.2) is 4.79 Å². The summed E-state index contributed by atoms with van der Waals surface area (Å²) in [5.74, 6) is -0.579. The number of benzene rings is 1. The van der Waals surface area contributed by atoms with Crippen LogP contribution in [0.1, 0.15) is 30.6 Å². The quantitative estimate of drug-likeness (QED) is 0.825. The highest BCUT2D eigenvalue weighted by molar-refractivity contribution is 5.74. The number of aliphatic hydroxyl groups excluding tert-OH is 1. The lowest BCUT2D eigenvalue weighted by molar-refractivity contribution is -0.155. The van der Waals surface area contributed by atoms with E-state index in [-0.39, 0.29) is 19.1 Å². The molecule has 0 saturated carbocycles. The lowest BCUT2D eigenvalue weighted by Gasteiger charge is -2.27. The van der Waals surface area contributed by atoms with E-state index in [9.17, 15) is 9.90 Å². The number of carbonyl (C=O) groups excluding carboxylic acids is 1. The molecule has 98 valence electrons. The van der Waals surface area contributed by atoms with Gasteiger partial charge < -0.3 is 14.6 Å². The zero-order valence-corrected chi connectivity index (χ0v) is 10.5. The Morgan fingerprint density at radius 3 is 3.11 bits per heavy atom. The van der Waals surface area contributed by atoms with E-state index >= 15 is 0 Å². The van der Waals surface area contributed by atoms with E-state index in [2.05, 4.69) is 6.07 Å². The number of carbonyl (C=O) groups is 1. The van der Waals surface area contributed by atoms with E-state index in [1.54, 1.807) is 6.92 Å². The van der Waals surface area contributed by atoms with Gasteiger partial charge in [0, 0.05) is 6.42 Å². The number of hydrogen-bond acceptors (Lipinski definition) is 4. The highest BCUT2D eigenvalue weighted by Crippen LogP contribution is 2.30. The fourth-order valence-electron chi connectivity index (χ4n) is 2.21. The van der Waals surface area contributed by atoms with Gasteiger partial charge in [0.2, 0.25) is 0 Å². The van der Waals surface area contributed by atoms with Gasteiger partial charge in [-0.3, -0.25) is 0 Å². The molecular formula is C14H18O4. The fourth-order valence-corrected chi connectivity index (χ4v) is 2.21. The summed E-state index contributed by atoms with van der Waals surface area (Å²) in [6.07, 6.45) is -0.228. The van der Waals surface area contributed by atoms with Crippen molar-refractivity contribution in [3.8, 4) is 0 Å². The maximum absolute atomic E-state index is 11.4. The first-order valence-corrected chi connectivity index (χ1v) is 6.26. The number of ether oxygens (including phenoxy) is 2. The second kappa shape index (κ2) is 5.98. The normalized spacial score (nSPS) is 20.0. The summed E-state index contributed by atoms with van der Waals surface area (Å²) in [5.41, 5.74) is 2.29. The van der Waals surface area contributed by atoms with Gasteiger partial charge in [-0.15, -0.1) is 0 Å². The van der Waals surface area contributed by atoms with Crippen LogP contribution in [-0.2, 0) is 20.7 Å². The average Bonchev–Trinajstić information content (AvgIpc) is 2.39. The second-order valence-corrected chi connectivity index (χ2v) is 4.31. The maximum Gasteiger partial charge on any atom is 0.335 e. The van der Waals surface area contributed by atoms with Crippen molar-refractivity contribution in [2.45, 2.75) is 32.0 Å². The van der Waals surface area contributed by atoms with Gasteiger partial charge in [-0.1, -0.05) is 24.3 Å². The zero-order valence-electron chi connectivity index (χ0n) is 10.5. The summed E-state index contributed by atoms with van der Waals surface area (Å²) in [6.45, 7) is 2.62. The zero-order chi connectivity index (χ0) is 13.0. The van der Waals surface area contributed by atoms with Crippen LogP contribution in [-0.4, -0.2) is 30.4 Å². The Balaban J connectivity index is 2.05. The molecule has 4 heteroatoms. The molecule has 0 saturated heterocycles. The van der Waals surface area contributed by atoms with Gasteiger partial charge in [0.15, 0.2) is 6.10 Å². The van der Waals surface area contributed by atoms with E-state index in [0.717, 1.165) is 12.0 Å². The lowest BCUT2D eigenvalue weighted by Crippen LogP contribution is -2.28. The molecule has 18 heavy (non-hydrogen) atoms. The molecule has 1 heterocycles. The van der Waals surface area contributed by atoms with Crippen molar-refractivity contribution < 1.29 is 19.4 Å². The number of fused-ring (bicyclic) bond motifs is 1. The molecule has 1 aliphatic heterocycles. The van der Waals surface area contributed by atoms with Crippen LogP contribution in [0.15, 0.2) is 24.3 Å². The van der Waals surface area contributed by atoms with Crippen molar-refractivity contribution in [2.24, 2.45) is 0 Å². The van der Waals surface area contributed by atoms with E-state index in [0.29, 0.717) is 6.61 Å². The fraction of sp³-hybridized carbons (Fsp3) is 0.500. The molecule has 0 fully saturated rings. The standard InChI is InChI=1S/C14H18O4/c1-2-17-14(16)12(15)9-13-11-6-4-3-5-10(11)7-8-18-13/h3-6,12-13,15H,2,7-9H2,1H3. The largest absolute Gasteiger partial charge is 0.464 e. The molecule has 0 radical (unpaired) electrons. The van der Waals surface area contributed by atoms with Crippen LogP contribution in [0.3, 0.4) is 0 Å². The molecular weight excluding hydrogens is 232 g/mol. The predicted molar refractivity (Wildman–Crippen MR) is 66.1 cm³/mol. The molecule has 2 rings (SSSR count). The van der Waals surface area contributed by atoms with Crippen molar-refractivity contribution in [1.29, 1.82) is 0 Å². The summed E-state index contributed by atoms with van der Waals surface area (Å²) in [7, 11) is 0. The molecule has 1 aliphatic rings. The van der Waals surface area contributed by atoms with E-state index in [4.69, 9.17) is 9.47 Å².